The molecule has 0 saturated heterocycles. The van der Waals surface area contributed by atoms with Gasteiger partial charge in [0.2, 0.25) is 5.91 Å². The molecule has 1 saturated carbocycles. The molecule has 1 aliphatic rings. The minimum absolute atomic E-state index is 0.0534. The van der Waals surface area contributed by atoms with E-state index in [0.717, 1.165) is 49.6 Å². The molecule has 2 unspecified atom stereocenters. The summed E-state index contributed by atoms with van der Waals surface area (Å²) in [5.74, 6) is 0.980. The first-order chi connectivity index (χ1) is 15.1. The van der Waals surface area contributed by atoms with Gasteiger partial charge in [-0.05, 0) is 56.6 Å². The number of aromatic amines is 1. The van der Waals surface area contributed by atoms with E-state index in [-0.39, 0.29) is 17.2 Å². The van der Waals surface area contributed by atoms with Gasteiger partial charge in [0.1, 0.15) is 0 Å². The fraction of sp³-hybridized carbons (Fsp3) is 0.500. The number of carbonyl (C=O) groups excluding carboxylic acids is 1. The first kappa shape index (κ1) is 23.8. The molecule has 1 aliphatic carbocycles. The summed E-state index contributed by atoms with van der Waals surface area (Å²) in [6, 6.07) is 6.81. The Bertz CT molecular complexity index is 1080. The van der Waals surface area contributed by atoms with Crippen LogP contribution in [0.25, 0.3) is 0 Å². The number of rotatable bonds is 9. The number of amides is 2. The van der Waals surface area contributed by atoms with Crippen LogP contribution in [0.5, 0.6) is 0 Å². The summed E-state index contributed by atoms with van der Waals surface area (Å²) in [4.78, 5) is 23.2. The van der Waals surface area contributed by atoms with E-state index in [1.54, 1.807) is 12.1 Å². The van der Waals surface area contributed by atoms with Crippen LogP contribution in [0.3, 0.4) is 0 Å². The topological polar surface area (TPSA) is 141 Å². The van der Waals surface area contributed by atoms with E-state index in [2.05, 4.69) is 20.8 Å². The van der Waals surface area contributed by atoms with Crippen molar-refractivity contribution >= 4 is 27.7 Å². The van der Waals surface area contributed by atoms with E-state index in [4.69, 9.17) is 5.11 Å². The van der Waals surface area contributed by atoms with Crippen molar-refractivity contribution in [1.82, 2.24) is 15.5 Å². The maximum atomic E-state index is 12.5. The summed E-state index contributed by atoms with van der Waals surface area (Å²) < 4.78 is 24.0. The Morgan fingerprint density at radius 2 is 2.03 bits per heavy atom. The molecule has 9 nitrogen and oxygen atoms in total. The normalized spacial score (nSPS) is 18.4. The number of hydrogen-bond acceptors (Lipinski definition) is 5. The van der Waals surface area contributed by atoms with E-state index < -0.39 is 15.9 Å². The number of hydrogen-bond donors (Lipinski definition) is 4. The van der Waals surface area contributed by atoms with Gasteiger partial charge in [-0.15, -0.1) is 0 Å². The molecular weight excluding hydrogens is 432 g/mol. The molecule has 4 N–H and O–H groups in total. The van der Waals surface area contributed by atoms with Crippen LogP contribution in [0.4, 0.5) is 10.6 Å². The van der Waals surface area contributed by atoms with Crippen molar-refractivity contribution in [1.29, 1.82) is 0 Å². The van der Waals surface area contributed by atoms with Crippen molar-refractivity contribution in [3.05, 3.63) is 41.1 Å². The van der Waals surface area contributed by atoms with Crippen LogP contribution in [-0.4, -0.2) is 48.5 Å². The van der Waals surface area contributed by atoms with Gasteiger partial charge in [-0.25, -0.2) is 13.2 Å². The van der Waals surface area contributed by atoms with Gasteiger partial charge < -0.3 is 15.7 Å². The average molecular weight is 463 g/mol. The fourth-order valence-corrected chi connectivity index (χ4v) is 5.31. The number of carbonyl (C=O) groups is 2. The number of benzene rings is 1. The molecule has 32 heavy (non-hydrogen) atoms. The lowest BCUT2D eigenvalue weighted by Gasteiger charge is -2.10. The third-order valence-corrected chi connectivity index (χ3v) is 7.08. The van der Waals surface area contributed by atoms with Crippen molar-refractivity contribution in [3.8, 4) is 0 Å². The van der Waals surface area contributed by atoms with Gasteiger partial charge in [-0.1, -0.05) is 17.7 Å². The number of nitrogens with zero attached hydrogens (tertiary/aromatic N) is 1. The Morgan fingerprint density at radius 3 is 2.75 bits per heavy atom. The molecule has 2 atom stereocenters. The zero-order valence-electron chi connectivity index (χ0n) is 18.3. The van der Waals surface area contributed by atoms with E-state index in [1.165, 1.54) is 6.07 Å². The standard InChI is InChI=1S/C22H30N4O5S/c1-14-5-8-19(32(2,30)31)17(10-14)12-21(27)24-20-13-18(25-26-20)16-7-6-15(11-16)4-3-9-23-22(28)29/h5,8,10,13,15-16,23H,3-4,6-7,9,11-12H2,1-2H3,(H,28,29)(H2,24,25,26,27). The van der Waals surface area contributed by atoms with E-state index in [9.17, 15) is 18.0 Å². The quantitative estimate of drug-likeness (QED) is 0.422. The molecule has 1 aromatic heterocycles. The molecule has 174 valence electrons. The maximum absolute atomic E-state index is 12.5. The molecule has 1 aromatic carbocycles. The van der Waals surface area contributed by atoms with Gasteiger partial charge in [-0.2, -0.15) is 5.10 Å². The summed E-state index contributed by atoms with van der Waals surface area (Å²) in [6.07, 6.45) is 5.00. The zero-order chi connectivity index (χ0) is 23.3. The van der Waals surface area contributed by atoms with Crippen molar-refractivity contribution in [2.45, 2.75) is 56.3 Å². The van der Waals surface area contributed by atoms with Crippen molar-refractivity contribution in [3.63, 3.8) is 0 Å². The molecule has 0 radical (unpaired) electrons. The first-order valence-corrected chi connectivity index (χ1v) is 12.6. The third kappa shape index (κ3) is 6.56. The monoisotopic (exact) mass is 462 g/mol. The Hall–Kier alpha value is -2.88. The first-order valence-electron chi connectivity index (χ1n) is 10.7. The Balaban J connectivity index is 1.54. The van der Waals surface area contributed by atoms with Gasteiger partial charge in [-0.3, -0.25) is 9.89 Å². The van der Waals surface area contributed by atoms with Crippen molar-refractivity contribution < 1.29 is 23.1 Å². The lowest BCUT2D eigenvalue weighted by molar-refractivity contribution is -0.115. The largest absolute Gasteiger partial charge is 0.465 e. The van der Waals surface area contributed by atoms with Gasteiger partial charge >= 0.3 is 6.09 Å². The van der Waals surface area contributed by atoms with Crippen LogP contribution < -0.4 is 10.6 Å². The summed E-state index contributed by atoms with van der Waals surface area (Å²) in [7, 11) is -3.43. The van der Waals surface area contributed by atoms with Crippen molar-refractivity contribution in [2.24, 2.45) is 5.92 Å². The number of anilines is 1. The summed E-state index contributed by atoms with van der Waals surface area (Å²) >= 11 is 0. The van der Waals surface area contributed by atoms with Crippen LogP contribution in [0.15, 0.2) is 29.2 Å². The Kier molecular flexibility index (Phi) is 7.55. The lowest BCUT2D eigenvalue weighted by atomic mass is 9.98. The highest BCUT2D eigenvalue weighted by molar-refractivity contribution is 7.90. The SMILES string of the molecule is Cc1ccc(S(C)(=O)=O)c(CC(=O)Nc2cc(C3CCC(CCCNC(=O)O)C3)[nH]n2)c1. The second-order valence-electron chi connectivity index (χ2n) is 8.57. The van der Waals surface area contributed by atoms with Crippen LogP contribution in [-0.2, 0) is 21.1 Å². The number of aromatic nitrogens is 2. The van der Waals surface area contributed by atoms with Crippen LogP contribution in [0, 0.1) is 12.8 Å². The third-order valence-electron chi connectivity index (χ3n) is 5.88. The molecule has 1 heterocycles. The molecule has 3 rings (SSSR count). The predicted octanol–water partition coefficient (Wildman–Crippen LogP) is 3.23. The van der Waals surface area contributed by atoms with Gasteiger partial charge in [0.15, 0.2) is 15.7 Å². The maximum Gasteiger partial charge on any atom is 0.404 e. The number of nitrogens with one attached hydrogen (secondary N) is 3. The highest BCUT2D eigenvalue weighted by atomic mass is 32.2. The second kappa shape index (κ2) is 10.2. The highest BCUT2D eigenvalue weighted by Crippen LogP contribution is 2.40. The molecule has 0 spiro atoms. The molecule has 10 heteroatoms. The van der Waals surface area contributed by atoms with Gasteiger partial charge in [0.05, 0.1) is 11.3 Å². The second-order valence-corrected chi connectivity index (χ2v) is 10.6. The summed E-state index contributed by atoms with van der Waals surface area (Å²) in [6.45, 7) is 2.32. The number of aryl methyl sites for hydroxylation is 1. The van der Waals surface area contributed by atoms with E-state index in [1.807, 2.05) is 13.0 Å². The number of H-pyrrole nitrogens is 1. The minimum atomic E-state index is -3.43. The van der Waals surface area contributed by atoms with Crippen molar-refractivity contribution in [2.75, 3.05) is 18.1 Å². The number of sulfone groups is 1. The predicted molar refractivity (Wildman–Crippen MR) is 121 cm³/mol. The fourth-order valence-electron chi connectivity index (χ4n) is 4.38. The lowest BCUT2D eigenvalue weighted by Crippen LogP contribution is -2.22. The summed E-state index contributed by atoms with van der Waals surface area (Å²) in [5.41, 5.74) is 2.33. The molecule has 0 bridgehead atoms. The number of carboxylic acid groups (broad SMARTS) is 1. The zero-order valence-corrected chi connectivity index (χ0v) is 19.2. The average Bonchev–Trinajstić information content (AvgIpc) is 3.33. The van der Waals surface area contributed by atoms with Gasteiger partial charge in [0.25, 0.3) is 0 Å². The Morgan fingerprint density at radius 1 is 1.25 bits per heavy atom. The van der Waals surface area contributed by atoms with E-state index >= 15 is 0 Å². The van der Waals surface area contributed by atoms with Gasteiger partial charge in [0, 0.05) is 30.5 Å². The molecule has 0 aliphatic heterocycles. The van der Waals surface area contributed by atoms with Crippen LogP contribution in [0.1, 0.15) is 54.8 Å². The molecule has 2 amide bonds. The molecule has 2 aromatic rings. The molecule has 1 fully saturated rings. The Labute approximate surface area is 187 Å². The highest BCUT2D eigenvalue weighted by Gasteiger charge is 2.27. The van der Waals surface area contributed by atoms with Crippen LogP contribution in [0.2, 0.25) is 0 Å². The summed E-state index contributed by atoms with van der Waals surface area (Å²) in [5, 5.41) is 21.0. The molecular formula is C22H30N4O5S. The smallest absolute Gasteiger partial charge is 0.404 e. The van der Waals surface area contributed by atoms with E-state index in [0.29, 0.717) is 29.8 Å². The van der Waals surface area contributed by atoms with Crippen LogP contribution >= 0.6 is 0 Å². The minimum Gasteiger partial charge on any atom is -0.465 e.